The zero-order chi connectivity index (χ0) is 12.0. The zero-order valence-corrected chi connectivity index (χ0v) is 10.2. The normalized spacial score (nSPS) is 10.7. The zero-order valence-electron chi connectivity index (χ0n) is 9.34. The summed E-state index contributed by atoms with van der Waals surface area (Å²) in [4.78, 5) is 14.8. The number of rotatable bonds is 6. The van der Waals surface area contributed by atoms with Crippen molar-refractivity contribution in [3.05, 3.63) is 23.9 Å². The van der Waals surface area contributed by atoms with Crippen LogP contribution in [0.5, 0.6) is 0 Å². The molecule has 4 nitrogen and oxygen atoms in total. The van der Waals surface area contributed by atoms with Crippen molar-refractivity contribution >= 4 is 17.7 Å². The number of nitrogens with zero attached hydrogens (tertiary/aromatic N) is 1. The molecular formula is C11H15NO3S. The number of thioether (sulfide) groups is 1. The molecule has 0 bridgehead atoms. The van der Waals surface area contributed by atoms with Gasteiger partial charge in [0.25, 0.3) is 0 Å². The smallest absolute Gasteiger partial charge is 0.335 e. The van der Waals surface area contributed by atoms with E-state index in [2.05, 4.69) is 4.98 Å². The van der Waals surface area contributed by atoms with Crippen molar-refractivity contribution in [2.75, 3.05) is 12.4 Å². The summed E-state index contributed by atoms with van der Waals surface area (Å²) in [5.41, 5.74) is 0.266. The predicted molar refractivity (Wildman–Crippen MR) is 63.0 cm³/mol. The van der Waals surface area contributed by atoms with E-state index in [1.54, 1.807) is 6.07 Å². The molecule has 0 fully saturated rings. The van der Waals surface area contributed by atoms with Gasteiger partial charge in [0, 0.05) is 11.9 Å². The van der Waals surface area contributed by atoms with Gasteiger partial charge in [-0.15, -0.1) is 11.8 Å². The molecule has 0 unspecified atom stereocenters. The van der Waals surface area contributed by atoms with Crippen LogP contribution in [0.25, 0.3) is 0 Å². The molecule has 88 valence electrons. The minimum absolute atomic E-state index is 0.221. The standard InChI is InChI=1S/C11H15NO3S/c1-8(2)15-5-6-16-10-7-9(11(13)14)3-4-12-10/h3-4,7-8H,5-6H2,1-2H3,(H,13,14). The number of carbonyl (C=O) groups is 1. The van der Waals surface area contributed by atoms with Gasteiger partial charge in [-0.2, -0.15) is 0 Å². The first-order valence-corrected chi connectivity index (χ1v) is 6.02. The Bertz CT molecular complexity index is 355. The Kier molecular flexibility index (Phi) is 5.28. The summed E-state index contributed by atoms with van der Waals surface area (Å²) in [5, 5.41) is 9.51. The first-order chi connectivity index (χ1) is 7.59. The van der Waals surface area contributed by atoms with E-state index in [0.717, 1.165) is 5.75 Å². The average Bonchev–Trinajstić information content (AvgIpc) is 2.24. The second kappa shape index (κ2) is 6.50. The molecule has 0 saturated carbocycles. The quantitative estimate of drug-likeness (QED) is 0.611. The summed E-state index contributed by atoms with van der Waals surface area (Å²) in [6.45, 7) is 4.60. The van der Waals surface area contributed by atoms with Crippen LogP contribution in [-0.2, 0) is 4.74 Å². The molecule has 0 amide bonds. The molecule has 0 saturated heterocycles. The van der Waals surface area contributed by atoms with Gasteiger partial charge < -0.3 is 9.84 Å². The van der Waals surface area contributed by atoms with Crippen molar-refractivity contribution < 1.29 is 14.6 Å². The van der Waals surface area contributed by atoms with Gasteiger partial charge >= 0.3 is 5.97 Å². The summed E-state index contributed by atoms with van der Waals surface area (Å²) in [6, 6.07) is 3.05. The summed E-state index contributed by atoms with van der Waals surface area (Å²) in [6.07, 6.45) is 1.73. The van der Waals surface area contributed by atoms with Gasteiger partial charge in [0.15, 0.2) is 0 Å². The third-order valence-electron chi connectivity index (χ3n) is 1.77. The lowest BCUT2D eigenvalue weighted by atomic mass is 10.3. The molecule has 0 atom stereocenters. The first-order valence-electron chi connectivity index (χ1n) is 5.03. The highest BCUT2D eigenvalue weighted by Crippen LogP contribution is 2.16. The van der Waals surface area contributed by atoms with Gasteiger partial charge in [-0.1, -0.05) is 0 Å². The number of carboxylic acid groups (broad SMARTS) is 1. The fourth-order valence-electron chi connectivity index (χ4n) is 1.05. The van der Waals surface area contributed by atoms with Crippen molar-refractivity contribution in [1.29, 1.82) is 0 Å². The van der Waals surface area contributed by atoms with Crippen molar-refractivity contribution in [1.82, 2.24) is 4.98 Å². The fraction of sp³-hybridized carbons (Fsp3) is 0.455. The highest BCUT2D eigenvalue weighted by molar-refractivity contribution is 7.99. The second-order valence-corrected chi connectivity index (χ2v) is 4.57. The van der Waals surface area contributed by atoms with E-state index in [4.69, 9.17) is 9.84 Å². The summed E-state index contributed by atoms with van der Waals surface area (Å²) >= 11 is 1.49. The molecule has 0 aliphatic carbocycles. The Balaban J connectivity index is 2.42. The third-order valence-corrected chi connectivity index (χ3v) is 2.66. The molecule has 0 aromatic carbocycles. The number of aromatic carboxylic acids is 1. The molecule has 1 aromatic heterocycles. The lowest BCUT2D eigenvalue weighted by molar-refractivity contribution is 0.0696. The van der Waals surface area contributed by atoms with Crippen LogP contribution in [0.1, 0.15) is 24.2 Å². The van der Waals surface area contributed by atoms with Gasteiger partial charge in [-0.25, -0.2) is 9.78 Å². The summed E-state index contributed by atoms with van der Waals surface area (Å²) < 4.78 is 5.38. The monoisotopic (exact) mass is 241 g/mol. The SMILES string of the molecule is CC(C)OCCSc1cc(C(=O)O)ccn1. The molecule has 1 heterocycles. The molecule has 0 aliphatic heterocycles. The van der Waals surface area contributed by atoms with Crippen LogP contribution in [0.4, 0.5) is 0 Å². The number of hydrogen-bond acceptors (Lipinski definition) is 4. The lowest BCUT2D eigenvalue weighted by Gasteiger charge is -2.06. The van der Waals surface area contributed by atoms with Crippen LogP contribution < -0.4 is 0 Å². The minimum Gasteiger partial charge on any atom is -0.478 e. The average molecular weight is 241 g/mol. The Hall–Kier alpha value is -1.07. The van der Waals surface area contributed by atoms with Crippen molar-refractivity contribution in [3.8, 4) is 0 Å². The van der Waals surface area contributed by atoms with E-state index < -0.39 is 5.97 Å². The van der Waals surface area contributed by atoms with Gasteiger partial charge in [0.1, 0.15) is 0 Å². The molecule has 0 aliphatic rings. The molecule has 1 N–H and O–H groups in total. The Morgan fingerprint density at radius 2 is 2.38 bits per heavy atom. The van der Waals surface area contributed by atoms with Crippen LogP contribution in [-0.4, -0.2) is 34.5 Å². The summed E-state index contributed by atoms with van der Waals surface area (Å²) in [5.74, 6) is -0.156. The number of carboxylic acids is 1. The van der Waals surface area contributed by atoms with Crippen LogP contribution >= 0.6 is 11.8 Å². The minimum atomic E-state index is -0.928. The van der Waals surface area contributed by atoms with E-state index in [1.807, 2.05) is 13.8 Å². The van der Waals surface area contributed by atoms with Crippen LogP contribution in [0.3, 0.4) is 0 Å². The second-order valence-electron chi connectivity index (χ2n) is 3.46. The van der Waals surface area contributed by atoms with Crippen molar-refractivity contribution in [3.63, 3.8) is 0 Å². The summed E-state index contributed by atoms with van der Waals surface area (Å²) in [7, 11) is 0. The van der Waals surface area contributed by atoms with Gasteiger partial charge in [-0.3, -0.25) is 0 Å². The number of ether oxygens (including phenoxy) is 1. The van der Waals surface area contributed by atoms with Crippen LogP contribution in [0, 0.1) is 0 Å². The Morgan fingerprint density at radius 3 is 3.00 bits per heavy atom. The molecule has 1 aromatic rings. The highest BCUT2D eigenvalue weighted by Gasteiger charge is 2.04. The maximum absolute atomic E-state index is 10.7. The van der Waals surface area contributed by atoms with Crippen LogP contribution in [0.2, 0.25) is 0 Å². The van der Waals surface area contributed by atoms with E-state index in [0.29, 0.717) is 11.6 Å². The van der Waals surface area contributed by atoms with E-state index >= 15 is 0 Å². The van der Waals surface area contributed by atoms with E-state index in [1.165, 1.54) is 24.0 Å². The maximum Gasteiger partial charge on any atom is 0.335 e. The maximum atomic E-state index is 10.7. The van der Waals surface area contributed by atoms with Gasteiger partial charge in [0.05, 0.1) is 23.3 Å². The fourth-order valence-corrected chi connectivity index (χ4v) is 1.79. The van der Waals surface area contributed by atoms with Gasteiger partial charge in [-0.05, 0) is 26.0 Å². The van der Waals surface area contributed by atoms with Crippen LogP contribution in [0.15, 0.2) is 23.4 Å². The highest BCUT2D eigenvalue weighted by atomic mass is 32.2. The number of hydrogen-bond donors (Lipinski definition) is 1. The topological polar surface area (TPSA) is 59.4 Å². The molecular weight excluding hydrogens is 226 g/mol. The predicted octanol–water partition coefficient (Wildman–Crippen LogP) is 2.30. The Morgan fingerprint density at radius 1 is 1.62 bits per heavy atom. The lowest BCUT2D eigenvalue weighted by Crippen LogP contribution is -2.05. The van der Waals surface area contributed by atoms with E-state index in [9.17, 15) is 4.79 Å². The molecule has 0 spiro atoms. The van der Waals surface area contributed by atoms with Crippen molar-refractivity contribution in [2.24, 2.45) is 0 Å². The molecule has 0 radical (unpaired) electrons. The molecule has 5 heteroatoms. The van der Waals surface area contributed by atoms with Crippen molar-refractivity contribution in [2.45, 2.75) is 25.0 Å². The Labute approximate surface area is 99.0 Å². The molecule has 16 heavy (non-hydrogen) atoms. The number of pyridine rings is 1. The van der Waals surface area contributed by atoms with E-state index in [-0.39, 0.29) is 11.7 Å². The molecule has 1 rings (SSSR count). The third kappa shape index (κ3) is 4.63. The first kappa shape index (κ1) is 13.0. The number of aromatic nitrogens is 1. The largest absolute Gasteiger partial charge is 0.478 e. The van der Waals surface area contributed by atoms with Gasteiger partial charge in [0.2, 0.25) is 0 Å².